The first kappa shape index (κ1) is 9.19. The second-order valence-electron chi connectivity index (χ2n) is 2.88. The van der Waals surface area contributed by atoms with E-state index in [-0.39, 0.29) is 0 Å². The van der Waals surface area contributed by atoms with Gasteiger partial charge in [0.1, 0.15) is 0 Å². The molecule has 3 nitrogen and oxygen atoms in total. The lowest BCUT2D eigenvalue weighted by Gasteiger charge is -2.01. The van der Waals surface area contributed by atoms with Gasteiger partial charge in [-0.3, -0.25) is 4.99 Å². The molecular formula is C8H13N3S. The molecule has 0 aliphatic rings. The molecule has 0 amide bonds. The molecule has 0 spiro atoms. The summed E-state index contributed by atoms with van der Waals surface area (Å²) < 4.78 is 0. The first-order valence-electron chi connectivity index (χ1n) is 3.87. The van der Waals surface area contributed by atoms with Gasteiger partial charge in [0.15, 0.2) is 0 Å². The van der Waals surface area contributed by atoms with Gasteiger partial charge in [-0.25, -0.2) is 4.98 Å². The second kappa shape index (κ2) is 4.21. The Balaban J connectivity index is 2.49. The quantitative estimate of drug-likeness (QED) is 0.572. The highest BCUT2D eigenvalue weighted by Gasteiger charge is 1.98. The van der Waals surface area contributed by atoms with Crippen molar-refractivity contribution in [2.75, 3.05) is 0 Å². The van der Waals surface area contributed by atoms with E-state index in [2.05, 4.69) is 9.98 Å². The summed E-state index contributed by atoms with van der Waals surface area (Å²) in [6.07, 6.45) is 0. The number of hydrogen-bond acceptors (Lipinski definition) is 3. The number of nitrogens with two attached hydrogens (primary N) is 1. The summed E-state index contributed by atoms with van der Waals surface area (Å²) in [6.45, 7) is 4.66. The lowest BCUT2D eigenvalue weighted by molar-refractivity contribution is 0.851. The molecule has 4 heteroatoms. The molecule has 1 heterocycles. The predicted octanol–water partition coefficient (Wildman–Crippen LogP) is 1.66. The summed E-state index contributed by atoms with van der Waals surface area (Å²) in [7, 11) is 0. The van der Waals surface area contributed by atoms with Gasteiger partial charge in [0.05, 0.1) is 23.6 Å². The van der Waals surface area contributed by atoms with Gasteiger partial charge in [0.2, 0.25) is 0 Å². The predicted molar refractivity (Wildman–Crippen MR) is 52.3 cm³/mol. The van der Waals surface area contributed by atoms with Crippen molar-refractivity contribution >= 4 is 17.2 Å². The SMILES string of the molecule is CC(C)C(N)=NCc1cscn1. The van der Waals surface area contributed by atoms with Gasteiger partial charge in [-0.05, 0) is 0 Å². The lowest BCUT2D eigenvalue weighted by atomic mass is 10.2. The van der Waals surface area contributed by atoms with Crippen molar-refractivity contribution in [1.82, 2.24) is 4.98 Å². The summed E-state index contributed by atoms with van der Waals surface area (Å²) >= 11 is 1.58. The maximum absolute atomic E-state index is 5.66. The highest BCUT2D eigenvalue weighted by Crippen LogP contribution is 2.03. The van der Waals surface area contributed by atoms with Gasteiger partial charge in [0.25, 0.3) is 0 Å². The Bertz CT molecular complexity index is 251. The molecular weight excluding hydrogens is 170 g/mol. The molecule has 2 N–H and O–H groups in total. The van der Waals surface area contributed by atoms with E-state index in [0.717, 1.165) is 5.69 Å². The Morgan fingerprint density at radius 1 is 1.75 bits per heavy atom. The molecule has 0 saturated heterocycles. The maximum Gasteiger partial charge on any atom is 0.0967 e. The van der Waals surface area contributed by atoms with Gasteiger partial charge in [0, 0.05) is 11.3 Å². The lowest BCUT2D eigenvalue weighted by Crippen LogP contribution is -2.18. The summed E-state index contributed by atoms with van der Waals surface area (Å²) in [6, 6.07) is 0. The first-order valence-corrected chi connectivity index (χ1v) is 4.81. The van der Waals surface area contributed by atoms with Crippen molar-refractivity contribution < 1.29 is 0 Å². The number of rotatable bonds is 3. The van der Waals surface area contributed by atoms with Gasteiger partial charge in [-0.15, -0.1) is 11.3 Å². The highest BCUT2D eigenvalue weighted by atomic mass is 32.1. The minimum Gasteiger partial charge on any atom is -0.387 e. The summed E-state index contributed by atoms with van der Waals surface area (Å²) in [5.74, 6) is 1.02. The van der Waals surface area contributed by atoms with E-state index in [0.29, 0.717) is 18.3 Å². The molecule has 0 atom stereocenters. The number of amidine groups is 1. The van der Waals surface area contributed by atoms with Gasteiger partial charge >= 0.3 is 0 Å². The molecule has 0 aromatic carbocycles. The van der Waals surface area contributed by atoms with Crippen molar-refractivity contribution in [3.8, 4) is 0 Å². The van der Waals surface area contributed by atoms with E-state index in [1.165, 1.54) is 0 Å². The molecule has 1 aromatic rings. The van der Waals surface area contributed by atoms with Gasteiger partial charge in [-0.2, -0.15) is 0 Å². The van der Waals surface area contributed by atoms with E-state index >= 15 is 0 Å². The largest absolute Gasteiger partial charge is 0.387 e. The molecule has 0 bridgehead atoms. The standard InChI is InChI=1S/C8H13N3S/c1-6(2)8(9)10-3-7-4-12-5-11-7/h4-6H,3H2,1-2H3,(H2,9,10). The van der Waals surface area contributed by atoms with E-state index in [4.69, 9.17) is 5.73 Å². The van der Waals surface area contributed by atoms with Crippen LogP contribution in [0.1, 0.15) is 19.5 Å². The molecule has 0 radical (unpaired) electrons. The van der Waals surface area contributed by atoms with Crippen LogP contribution in [-0.4, -0.2) is 10.8 Å². The third kappa shape index (κ3) is 2.62. The highest BCUT2D eigenvalue weighted by molar-refractivity contribution is 7.07. The van der Waals surface area contributed by atoms with Crippen LogP contribution in [0.4, 0.5) is 0 Å². The fourth-order valence-electron chi connectivity index (χ4n) is 0.670. The number of thiazole rings is 1. The molecule has 0 aliphatic heterocycles. The van der Waals surface area contributed by atoms with Crippen LogP contribution in [0.25, 0.3) is 0 Å². The van der Waals surface area contributed by atoms with Crippen LogP contribution >= 0.6 is 11.3 Å². The number of aliphatic imine (C=N–C) groups is 1. The molecule has 0 unspecified atom stereocenters. The fourth-order valence-corrected chi connectivity index (χ4v) is 1.22. The van der Waals surface area contributed by atoms with E-state index in [9.17, 15) is 0 Å². The topological polar surface area (TPSA) is 51.3 Å². The minimum atomic E-state index is 0.323. The van der Waals surface area contributed by atoms with Crippen molar-refractivity contribution in [3.63, 3.8) is 0 Å². The molecule has 12 heavy (non-hydrogen) atoms. The molecule has 0 fully saturated rings. The molecule has 0 saturated carbocycles. The van der Waals surface area contributed by atoms with Gasteiger partial charge < -0.3 is 5.73 Å². The van der Waals surface area contributed by atoms with Crippen LogP contribution in [0.2, 0.25) is 0 Å². The van der Waals surface area contributed by atoms with Gasteiger partial charge in [-0.1, -0.05) is 13.8 Å². The van der Waals surface area contributed by atoms with Crippen molar-refractivity contribution in [2.45, 2.75) is 20.4 Å². The molecule has 1 aromatic heterocycles. The average molecular weight is 183 g/mol. The monoisotopic (exact) mass is 183 g/mol. The van der Waals surface area contributed by atoms with Crippen molar-refractivity contribution in [1.29, 1.82) is 0 Å². The van der Waals surface area contributed by atoms with E-state index in [1.807, 2.05) is 19.2 Å². The Morgan fingerprint density at radius 2 is 2.50 bits per heavy atom. The summed E-state index contributed by atoms with van der Waals surface area (Å²) in [5.41, 5.74) is 8.45. The third-order valence-corrected chi connectivity index (χ3v) is 2.13. The van der Waals surface area contributed by atoms with Crippen molar-refractivity contribution in [3.05, 3.63) is 16.6 Å². The Morgan fingerprint density at radius 3 is 3.00 bits per heavy atom. The van der Waals surface area contributed by atoms with Crippen LogP contribution in [0, 0.1) is 5.92 Å². The summed E-state index contributed by atoms with van der Waals surface area (Å²) in [4.78, 5) is 8.31. The second-order valence-corrected chi connectivity index (χ2v) is 3.59. The Kier molecular flexibility index (Phi) is 3.22. The number of hydrogen-bond donors (Lipinski definition) is 1. The Labute approximate surface area is 76.4 Å². The van der Waals surface area contributed by atoms with Crippen LogP contribution in [0.5, 0.6) is 0 Å². The fraction of sp³-hybridized carbons (Fsp3) is 0.500. The zero-order chi connectivity index (χ0) is 8.97. The number of nitrogens with zero attached hydrogens (tertiary/aromatic N) is 2. The third-order valence-electron chi connectivity index (χ3n) is 1.50. The average Bonchev–Trinajstić information content (AvgIpc) is 2.51. The zero-order valence-corrected chi connectivity index (χ0v) is 8.14. The zero-order valence-electron chi connectivity index (χ0n) is 7.32. The molecule has 66 valence electrons. The number of aromatic nitrogens is 1. The van der Waals surface area contributed by atoms with Crippen molar-refractivity contribution in [2.24, 2.45) is 16.6 Å². The van der Waals surface area contributed by atoms with E-state index in [1.54, 1.807) is 16.8 Å². The molecule has 0 aliphatic carbocycles. The smallest absolute Gasteiger partial charge is 0.0967 e. The normalized spacial score (nSPS) is 12.4. The van der Waals surface area contributed by atoms with Crippen LogP contribution in [-0.2, 0) is 6.54 Å². The molecule has 1 rings (SSSR count). The minimum absolute atomic E-state index is 0.323. The van der Waals surface area contributed by atoms with Crippen LogP contribution in [0.15, 0.2) is 15.9 Å². The van der Waals surface area contributed by atoms with E-state index < -0.39 is 0 Å². The van der Waals surface area contributed by atoms with Crippen LogP contribution < -0.4 is 5.73 Å². The van der Waals surface area contributed by atoms with Crippen LogP contribution in [0.3, 0.4) is 0 Å². The maximum atomic E-state index is 5.66. The summed E-state index contributed by atoms with van der Waals surface area (Å²) in [5, 5.41) is 1.98. The Hall–Kier alpha value is -0.900. The first-order chi connectivity index (χ1) is 5.70.